The van der Waals surface area contributed by atoms with Crippen molar-refractivity contribution in [1.29, 1.82) is 0 Å². The Labute approximate surface area is 112 Å². The van der Waals surface area contributed by atoms with Crippen LogP contribution in [0.2, 0.25) is 5.02 Å². The first-order chi connectivity index (χ1) is 8.78. The lowest BCUT2D eigenvalue weighted by atomic mass is 10.1. The molecule has 1 N–H and O–H groups in total. The fourth-order valence-corrected chi connectivity index (χ4v) is 1.77. The van der Waals surface area contributed by atoms with E-state index >= 15 is 0 Å². The summed E-state index contributed by atoms with van der Waals surface area (Å²) < 4.78 is 0. The molecule has 0 heterocycles. The molecule has 2 rings (SSSR count). The smallest absolute Gasteiger partial charge is 0.0576 e. The van der Waals surface area contributed by atoms with E-state index in [1.807, 2.05) is 24.3 Å². The third kappa shape index (κ3) is 3.60. The summed E-state index contributed by atoms with van der Waals surface area (Å²) in [6, 6.07) is 15.8. The van der Waals surface area contributed by atoms with Crippen molar-refractivity contribution in [2.75, 3.05) is 5.43 Å². The van der Waals surface area contributed by atoms with Crippen molar-refractivity contribution in [2.45, 2.75) is 13.3 Å². The van der Waals surface area contributed by atoms with Crippen LogP contribution in [-0.2, 0) is 6.42 Å². The van der Waals surface area contributed by atoms with Gasteiger partial charge in [-0.25, -0.2) is 0 Å². The van der Waals surface area contributed by atoms with Gasteiger partial charge in [0.1, 0.15) is 0 Å². The zero-order chi connectivity index (χ0) is 12.8. The van der Waals surface area contributed by atoms with Crippen LogP contribution in [0.5, 0.6) is 0 Å². The highest BCUT2D eigenvalue weighted by Crippen LogP contribution is 2.14. The van der Waals surface area contributed by atoms with Crippen molar-refractivity contribution in [3.05, 3.63) is 64.7 Å². The predicted octanol–water partition coefficient (Wildman–Crippen LogP) is 4.35. The molecule has 0 atom stereocenters. The van der Waals surface area contributed by atoms with Gasteiger partial charge in [0.25, 0.3) is 0 Å². The van der Waals surface area contributed by atoms with E-state index in [1.54, 1.807) is 6.21 Å². The number of halogens is 1. The normalized spacial score (nSPS) is 10.8. The Balaban J connectivity index is 1.98. The van der Waals surface area contributed by atoms with Crippen molar-refractivity contribution in [2.24, 2.45) is 5.10 Å². The number of nitrogens with one attached hydrogen (secondary N) is 1. The van der Waals surface area contributed by atoms with E-state index < -0.39 is 0 Å². The second-order valence-electron chi connectivity index (χ2n) is 3.98. The van der Waals surface area contributed by atoms with Crippen molar-refractivity contribution >= 4 is 23.5 Å². The van der Waals surface area contributed by atoms with E-state index in [9.17, 15) is 0 Å². The molecule has 3 heteroatoms. The van der Waals surface area contributed by atoms with E-state index in [-0.39, 0.29) is 0 Å². The summed E-state index contributed by atoms with van der Waals surface area (Å²) in [5.41, 5.74) is 6.23. The number of hydrogen-bond acceptors (Lipinski definition) is 2. The van der Waals surface area contributed by atoms with Crippen LogP contribution in [0.15, 0.2) is 53.6 Å². The van der Waals surface area contributed by atoms with Gasteiger partial charge >= 0.3 is 0 Å². The lowest BCUT2D eigenvalue weighted by molar-refractivity contribution is 1.14. The summed E-state index contributed by atoms with van der Waals surface area (Å²) in [5.74, 6) is 0. The van der Waals surface area contributed by atoms with E-state index in [2.05, 4.69) is 41.7 Å². The van der Waals surface area contributed by atoms with Gasteiger partial charge in [0.2, 0.25) is 0 Å². The molecule has 2 nitrogen and oxygen atoms in total. The molecular formula is C15H15ClN2. The molecule has 0 saturated heterocycles. The molecular weight excluding hydrogens is 244 g/mol. The molecule has 0 aliphatic heterocycles. The highest BCUT2D eigenvalue weighted by molar-refractivity contribution is 6.30. The first kappa shape index (κ1) is 12.7. The van der Waals surface area contributed by atoms with Gasteiger partial charge in [-0.3, -0.25) is 5.43 Å². The highest BCUT2D eigenvalue weighted by Gasteiger charge is 1.92. The fraction of sp³-hybridized carbons (Fsp3) is 0.133. The van der Waals surface area contributed by atoms with Crippen LogP contribution >= 0.6 is 11.6 Å². The van der Waals surface area contributed by atoms with Crippen LogP contribution in [0.3, 0.4) is 0 Å². The molecule has 0 aliphatic carbocycles. The Kier molecular flexibility index (Phi) is 4.37. The molecule has 0 aromatic heterocycles. The molecule has 0 unspecified atom stereocenters. The van der Waals surface area contributed by atoms with Gasteiger partial charge in [0.15, 0.2) is 0 Å². The van der Waals surface area contributed by atoms with Crippen LogP contribution in [-0.4, -0.2) is 6.21 Å². The SMILES string of the molecule is CCc1ccc(C=NNc2cccc(Cl)c2)cc1. The van der Waals surface area contributed by atoms with Crippen LogP contribution in [0.25, 0.3) is 0 Å². The molecule has 0 aliphatic rings. The summed E-state index contributed by atoms with van der Waals surface area (Å²) in [6.45, 7) is 2.14. The average Bonchev–Trinajstić information content (AvgIpc) is 2.40. The highest BCUT2D eigenvalue weighted by atomic mass is 35.5. The van der Waals surface area contributed by atoms with Gasteiger partial charge in [-0.2, -0.15) is 5.10 Å². The standard InChI is InChI=1S/C15H15ClN2/c1-2-12-6-8-13(9-7-12)11-17-18-15-5-3-4-14(16)10-15/h3-11,18H,2H2,1H3. The number of aryl methyl sites for hydroxylation is 1. The van der Waals surface area contributed by atoms with Crippen LogP contribution in [0.1, 0.15) is 18.1 Å². The van der Waals surface area contributed by atoms with Gasteiger partial charge < -0.3 is 0 Å². The minimum atomic E-state index is 0.697. The first-order valence-electron chi connectivity index (χ1n) is 5.91. The number of hydrazone groups is 1. The monoisotopic (exact) mass is 258 g/mol. The maximum absolute atomic E-state index is 5.88. The van der Waals surface area contributed by atoms with Gasteiger partial charge in [-0.1, -0.05) is 48.9 Å². The van der Waals surface area contributed by atoms with Crippen LogP contribution < -0.4 is 5.43 Å². The van der Waals surface area contributed by atoms with E-state index in [1.165, 1.54) is 5.56 Å². The summed E-state index contributed by atoms with van der Waals surface area (Å²) in [7, 11) is 0. The van der Waals surface area contributed by atoms with Crippen LogP contribution in [0.4, 0.5) is 5.69 Å². The minimum Gasteiger partial charge on any atom is -0.278 e. The fourth-order valence-electron chi connectivity index (χ4n) is 1.58. The maximum atomic E-state index is 5.88. The minimum absolute atomic E-state index is 0.697. The number of hydrogen-bond donors (Lipinski definition) is 1. The second-order valence-corrected chi connectivity index (χ2v) is 4.41. The first-order valence-corrected chi connectivity index (χ1v) is 6.29. The van der Waals surface area contributed by atoms with E-state index in [4.69, 9.17) is 11.6 Å². The van der Waals surface area contributed by atoms with E-state index in [0.717, 1.165) is 17.7 Å². The topological polar surface area (TPSA) is 24.4 Å². The predicted molar refractivity (Wildman–Crippen MR) is 78.5 cm³/mol. The molecule has 0 amide bonds. The molecule has 0 radical (unpaired) electrons. The lowest BCUT2D eigenvalue weighted by Crippen LogP contribution is -1.90. The number of benzene rings is 2. The van der Waals surface area contributed by atoms with Crippen molar-refractivity contribution in [1.82, 2.24) is 0 Å². The second kappa shape index (κ2) is 6.22. The maximum Gasteiger partial charge on any atom is 0.0576 e. The molecule has 18 heavy (non-hydrogen) atoms. The van der Waals surface area contributed by atoms with Crippen LogP contribution in [0, 0.1) is 0 Å². The quantitative estimate of drug-likeness (QED) is 0.640. The number of anilines is 1. The third-order valence-electron chi connectivity index (χ3n) is 2.62. The Morgan fingerprint density at radius 1 is 1.17 bits per heavy atom. The Bertz CT molecular complexity index is 532. The zero-order valence-corrected chi connectivity index (χ0v) is 11.0. The molecule has 92 valence electrons. The van der Waals surface area contributed by atoms with Crippen molar-refractivity contribution in [3.63, 3.8) is 0 Å². The van der Waals surface area contributed by atoms with E-state index in [0.29, 0.717) is 5.02 Å². The summed E-state index contributed by atoms with van der Waals surface area (Å²) in [5, 5.41) is 4.87. The largest absolute Gasteiger partial charge is 0.278 e. The summed E-state index contributed by atoms with van der Waals surface area (Å²) >= 11 is 5.88. The van der Waals surface area contributed by atoms with Gasteiger partial charge in [-0.15, -0.1) is 0 Å². The molecule has 2 aromatic carbocycles. The zero-order valence-electron chi connectivity index (χ0n) is 10.2. The number of nitrogens with zero attached hydrogens (tertiary/aromatic N) is 1. The molecule has 0 saturated carbocycles. The Morgan fingerprint density at radius 3 is 2.61 bits per heavy atom. The molecule has 0 spiro atoms. The Morgan fingerprint density at radius 2 is 1.94 bits per heavy atom. The van der Waals surface area contributed by atoms with Crippen molar-refractivity contribution < 1.29 is 0 Å². The summed E-state index contributed by atoms with van der Waals surface area (Å²) in [4.78, 5) is 0. The molecule has 2 aromatic rings. The van der Waals surface area contributed by atoms with Crippen molar-refractivity contribution in [3.8, 4) is 0 Å². The van der Waals surface area contributed by atoms with Gasteiger partial charge in [0.05, 0.1) is 11.9 Å². The Hall–Kier alpha value is -1.80. The van der Waals surface area contributed by atoms with Gasteiger partial charge in [0, 0.05) is 5.02 Å². The average molecular weight is 259 g/mol. The number of rotatable bonds is 4. The lowest BCUT2D eigenvalue weighted by Gasteiger charge is -2.00. The van der Waals surface area contributed by atoms with Gasteiger partial charge in [-0.05, 0) is 35.7 Å². The summed E-state index contributed by atoms with van der Waals surface area (Å²) in [6.07, 6.45) is 2.85. The third-order valence-corrected chi connectivity index (χ3v) is 2.85. The molecule has 0 fully saturated rings. The molecule has 0 bridgehead atoms.